The van der Waals surface area contributed by atoms with E-state index in [1.54, 1.807) is 30.3 Å². The standard InChI is InChI=1S/C31H29FO6/c1-17(2)9-10-21-26-23(15-25(30(21)35-5)36-16-18-7-6-8-19(32)13-18)37-24-14-22-20(11-12-31(3,4)38-22)28(33)27(24)29(26)34/h6-9,11-15,33H,10,16H2,1-5H3. The Balaban J connectivity index is 1.76. The Hall–Kier alpha value is -4.26. The Bertz CT molecular complexity index is 1690. The first kappa shape index (κ1) is 25.4. The van der Waals surface area contributed by atoms with Crippen molar-refractivity contribution in [2.45, 2.75) is 46.3 Å². The van der Waals surface area contributed by atoms with Gasteiger partial charge in [0.2, 0.25) is 5.43 Å². The second-order valence-corrected chi connectivity index (χ2v) is 10.1. The molecule has 3 aromatic carbocycles. The number of halogens is 1. The highest BCUT2D eigenvalue weighted by Crippen LogP contribution is 2.43. The third-order valence-electron chi connectivity index (χ3n) is 6.47. The van der Waals surface area contributed by atoms with Gasteiger partial charge in [0.15, 0.2) is 11.5 Å². The summed E-state index contributed by atoms with van der Waals surface area (Å²) in [4.78, 5) is 13.9. The van der Waals surface area contributed by atoms with Crippen LogP contribution in [0.15, 0.2) is 63.3 Å². The first-order valence-electron chi connectivity index (χ1n) is 12.3. The van der Waals surface area contributed by atoms with E-state index in [9.17, 15) is 14.3 Å². The van der Waals surface area contributed by atoms with Crippen molar-refractivity contribution < 1.29 is 28.1 Å². The van der Waals surface area contributed by atoms with Crippen molar-refractivity contribution in [3.8, 4) is 23.0 Å². The van der Waals surface area contributed by atoms with Crippen LogP contribution in [0.2, 0.25) is 0 Å². The van der Waals surface area contributed by atoms with Gasteiger partial charge in [-0.05, 0) is 64.0 Å². The van der Waals surface area contributed by atoms with Crippen LogP contribution in [0.3, 0.4) is 0 Å². The summed E-state index contributed by atoms with van der Waals surface area (Å²) >= 11 is 0. The SMILES string of the molecule is COc1c(OCc2cccc(F)c2)cc2oc3cc4c(c(O)c3c(=O)c2c1CC=C(C)C)C=CC(C)(C)O4. The molecule has 0 fully saturated rings. The lowest BCUT2D eigenvalue weighted by molar-refractivity contribution is 0.158. The molecule has 1 aromatic heterocycles. The summed E-state index contributed by atoms with van der Waals surface area (Å²) in [5.41, 5.74) is 2.21. The van der Waals surface area contributed by atoms with Crippen molar-refractivity contribution in [3.05, 3.63) is 86.9 Å². The Labute approximate surface area is 219 Å². The number of hydrogen-bond acceptors (Lipinski definition) is 6. The second kappa shape index (κ2) is 9.56. The third-order valence-corrected chi connectivity index (χ3v) is 6.47. The Morgan fingerprint density at radius 2 is 1.89 bits per heavy atom. The topological polar surface area (TPSA) is 78.1 Å². The molecule has 5 rings (SSSR count). The predicted octanol–water partition coefficient (Wildman–Crippen LogP) is 7.07. The Kier molecular flexibility index (Phi) is 6.39. The van der Waals surface area contributed by atoms with E-state index in [0.717, 1.165) is 5.57 Å². The monoisotopic (exact) mass is 516 g/mol. The van der Waals surface area contributed by atoms with Gasteiger partial charge in [0.05, 0.1) is 18.1 Å². The summed E-state index contributed by atoms with van der Waals surface area (Å²) in [7, 11) is 1.50. The number of phenolic OH excluding ortho intramolecular Hbond substituents is 1. The molecule has 6 nitrogen and oxygen atoms in total. The van der Waals surface area contributed by atoms with Gasteiger partial charge in [-0.1, -0.05) is 23.8 Å². The minimum absolute atomic E-state index is 0.0677. The number of phenols is 1. The minimum Gasteiger partial charge on any atom is -0.506 e. The van der Waals surface area contributed by atoms with Crippen LogP contribution in [-0.2, 0) is 13.0 Å². The number of aromatic hydroxyl groups is 1. The van der Waals surface area contributed by atoms with Gasteiger partial charge >= 0.3 is 0 Å². The summed E-state index contributed by atoms with van der Waals surface area (Å²) in [6, 6.07) is 9.36. The molecule has 38 heavy (non-hydrogen) atoms. The summed E-state index contributed by atoms with van der Waals surface area (Å²) in [5.74, 6) is 0.595. The van der Waals surface area contributed by atoms with Crippen LogP contribution in [0.4, 0.5) is 4.39 Å². The molecular formula is C31H29FO6. The smallest absolute Gasteiger partial charge is 0.204 e. The van der Waals surface area contributed by atoms with E-state index in [4.69, 9.17) is 18.6 Å². The lowest BCUT2D eigenvalue weighted by Gasteiger charge is -2.28. The molecule has 4 aromatic rings. The minimum atomic E-state index is -0.576. The van der Waals surface area contributed by atoms with Crippen LogP contribution in [0, 0.1) is 5.82 Å². The zero-order chi connectivity index (χ0) is 27.2. The molecule has 0 spiro atoms. The highest BCUT2D eigenvalue weighted by molar-refractivity contribution is 5.99. The number of fused-ring (bicyclic) bond motifs is 3. The molecule has 2 heterocycles. The summed E-state index contributed by atoms with van der Waals surface area (Å²) in [6.45, 7) is 7.80. The van der Waals surface area contributed by atoms with Gasteiger partial charge in [0.25, 0.3) is 0 Å². The van der Waals surface area contributed by atoms with Gasteiger partial charge in [-0.3, -0.25) is 4.79 Å². The highest BCUT2D eigenvalue weighted by atomic mass is 19.1. The van der Waals surface area contributed by atoms with Crippen molar-refractivity contribution in [3.63, 3.8) is 0 Å². The summed E-state index contributed by atoms with van der Waals surface area (Å²) in [5, 5.41) is 11.5. The number of benzene rings is 3. The molecular weight excluding hydrogens is 487 g/mol. The number of rotatable bonds is 6. The van der Waals surface area contributed by atoms with Crippen molar-refractivity contribution in [2.24, 2.45) is 0 Å². The molecule has 0 atom stereocenters. The van der Waals surface area contributed by atoms with Crippen molar-refractivity contribution in [1.82, 2.24) is 0 Å². The molecule has 0 radical (unpaired) electrons. The van der Waals surface area contributed by atoms with E-state index in [2.05, 4.69) is 0 Å². The van der Waals surface area contributed by atoms with Crippen molar-refractivity contribution >= 4 is 28.0 Å². The maximum atomic E-state index is 13.9. The molecule has 0 saturated heterocycles. The average Bonchev–Trinajstić information content (AvgIpc) is 2.84. The summed E-state index contributed by atoms with van der Waals surface area (Å²) in [6.07, 6.45) is 5.93. The molecule has 1 N–H and O–H groups in total. The van der Waals surface area contributed by atoms with Gasteiger partial charge in [-0.15, -0.1) is 0 Å². The summed E-state index contributed by atoms with van der Waals surface area (Å²) < 4.78 is 37.7. The maximum absolute atomic E-state index is 13.9. The van der Waals surface area contributed by atoms with Crippen LogP contribution in [-0.4, -0.2) is 17.8 Å². The van der Waals surface area contributed by atoms with Crippen molar-refractivity contribution in [1.29, 1.82) is 0 Å². The van der Waals surface area contributed by atoms with Gasteiger partial charge in [-0.25, -0.2) is 4.39 Å². The van der Waals surface area contributed by atoms with Gasteiger partial charge in [0, 0.05) is 17.7 Å². The molecule has 196 valence electrons. The molecule has 1 aliphatic heterocycles. The lowest BCUT2D eigenvalue weighted by atomic mass is 9.97. The first-order valence-corrected chi connectivity index (χ1v) is 12.3. The van der Waals surface area contributed by atoms with E-state index in [-0.39, 0.29) is 40.2 Å². The number of hydrogen-bond donors (Lipinski definition) is 1. The van der Waals surface area contributed by atoms with Crippen LogP contribution in [0.1, 0.15) is 44.4 Å². The average molecular weight is 517 g/mol. The largest absolute Gasteiger partial charge is 0.506 e. The molecule has 0 unspecified atom stereocenters. The predicted molar refractivity (Wildman–Crippen MR) is 146 cm³/mol. The Morgan fingerprint density at radius 1 is 1.13 bits per heavy atom. The van der Waals surface area contributed by atoms with E-state index in [0.29, 0.717) is 45.7 Å². The van der Waals surface area contributed by atoms with Crippen LogP contribution in [0.25, 0.3) is 28.0 Å². The van der Waals surface area contributed by atoms with E-state index >= 15 is 0 Å². The second-order valence-electron chi connectivity index (χ2n) is 10.1. The zero-order valence-corrected chi connectivity index (χ0v) is 22.0. The molecule has 0 bridgehead atoms. The molecule has 0 amide bonds. The molecule has 0 saturated carbocycles. The number of methoxy groups -OCH3 is 1. The van der Waals surface area contributed by atoms with E-state index in [1.807, 2.05) is 39.8 Å². The van der Waals surface area contributed by atoms with E-state index in [1.165, 1.54) is 19.2 Å². The van der Waals surface area contributed by atoms with Crippen LogP contribution in [0.5, 0.6) is 23.0 Å². The zero-order valence-electron chi connectivity index (χ0n) is 22.0. The quantitative estimate of drug-likeness (QED) is 0.218. The fourth-order valence-electron chi connectivity index (χ4n) is 4.64. The van der Waals surface area contributed by atoms with Gasteiger partial charge < -0.3 is 23.7 Å². The molecule has 7 heteroatoms. The fraction of sp³-hybridized carbons (Fsp3) is 0.258. The maximum Gasteiger partial charge on any atom is 0.204 e. The third kappa shape index (κ3) is 4.60. The fourth-order valence-corrected chi connectivity index (χ4v) is 4.64. The van der Waals surface area contributed by atoms with Crippen LogP contribution >= 0.6 is 0 Å². The number of ether oxygens (including phenoxy) is 3. The molecule has 1 aliphatic rings. The van der Waals surface area contributed by atoms with E-state index < -0.39 is 5.60 Å². The first-order chi connectivity index (χ1) is 18.1. The number of allylic oxidation sites excluding steroid dienone is 2. The lowest BCUT2D eigenvalue weighted by Crippen LogP contribution is -2.27. The Morgan fingerprint density at radius 3 is 2.61 bits per heavy atom. The van der Waals surface area contributed by atoms with Gasteiger partial charge in [-0.2, -0.15) is 0 Å². The molecule has 0 aliphatic carbocycles. The van der Waals surface area contributed by atoms with Gasteiger partial charge in [0.1, 0.15) is 46.1 Å². The van der Waals surface area contributed by atoms with Crippen molar-refractivity contribution in [2.75, 3.05) is 7.11 Å². The highest BCUT2D eigenvalue weighted by Gasteiger charge is 2.28. The van der Waals surface area contributed by atoms with Crippen LogP contribution < -0.4 is 19.6 Å². The normalized spacial score (nSPS) is 13.7.